The minimum atomic E-state index is -0.172. The Morgan fingerprint density at radius 1 is 1.17 bits per heavy atom. The zero-order valence-corrected chi connectivity index (χ0v) is 20.3. The van der Waals surface area contributed by atoms with Gasteiger partial charge in [-0.05, 0) is 50.2 Å². The molecule has 35 heavy (non-hydrogen) atoms. The molecule has 1 atom stereocenters. The second kappa shape index (κ2) is 10.6. The summed E-state index contributed by atoms with van der Waals surface area (Å²) in [7, 11) is 1.93. The zero-order valence-electron chi connectivity index (χ0n) is 20.3. The van der Waals surface area contributed by atoms with Crippen LogP contribution in [0.15, 0.2) is 30.9 Å². The Hall–Kier alpha value is -3.20. The number of carbonyl (C=O) groups is 2. The Balaban J connectivity index is 1.37. The van der Waals surface area contributed by atoms with Crippen LogP contribution in [0.25, 0.3) is 11.0 Å². The molecular formula is C26H34N6O3. The number of aromatic nitrogens is 4. The van der Waals surface area contributed by atoms with E-state index in [1.807, 2.05) is 28.4 Å². The Bertz CT molecular complexity index is 1170. The minimum absolute atomic E-state index is 0.00165. The van der Waals surface area contributed by atoms with E-state index in [9.17, 15) is 9.59 Å². The summed E-state index contributed by atoms with van der Waals surface area (Å²) in [6, 6.07) is 3.65. The molecule has 0 unspecified atom stereocenters. The normalized spacial score (nSPS) is 18.4. The van der Waals surface area contributed by atoms with E-state index in [4.69, 9.17) is 9.72 Å². The quantitative estimate of drug-likeness (QED) is 0.453. The molecule has 186 valence electrons. The van der Waals surface area contributed by atoms with Crippen molar-refractivity contribution in [1.82, 2.24) is 24.4 Å². The number of ether oxygens (including phenoxy) is 1. The molecular weight excluding hydrogens is 444 g/mol. The standard InChI is InChI=1S/C26H34N6O3/c1-31-24-20(26(34)28-9-5-11-32-12-10-27-17-32)15-19(29-23(33)14-18-6-2-3-7-18)16-21(24)30-25(31)22-8-4-13-35-22/h10,12,15-18,22H,2-9,11,13-14H2,1H3,(H,28,34)(H,29,33)/t22-/m1/s1. The molecule has 0 spiro atoms. The molecule has 9 heteroatoms. The lowest BCUT2D eigenvalue weighted by molar-refractivity contribution is -0.117. The maximum atomic E-state index is 13.3. The summed E-state index contributed by atoms with van der Waals surface area (Å²) in [5.41, 5.74) is 2.58. The number of nitrogens with one attached hydrogen (secondary N) is 2. The predicted molar refractivity (Wildman–Crippen MR) is 133 cm³/mol. The summed E-state index contributed by atoms with van der Waals surface area (Å²) in [5.74, 6) is 1.10. The number of imidazole rings is 2. The molecule has 0 radical (unpaired) electrons. The van der Waals surface area contributed by atoms with Gasteiger partial charge in [0.1, 0.15) is 11.9 Å². The number of rotatable bonds is 9. The molecule has 9 nitrogen and oxygen atoms in total. The molecule has 1 saturated heterocycles. The molecule has 0 bridgehead atoms. The van der Waals surface area contributed by atoms with Gasteiger partial charge in [0.25, 0.3) is 5.91 Å². The molecule has 1 aliphatic carbocycles. The van der Waals surface area contributed by atoms with Crippen molar-refractivity contribution >= 4 is 28.5 Å². The highest BCUT2D eigenvalue weighted by Crippen LogP contribution is 2.33. The molecule has 2 N–H and O–H groups in total. The summed E-state index contributed by atoms with van der Waals surface area (Å²) in [5, 5.41) is 6.07. The highest BCUT2D eigenvalue weighted by atomic mass is 16.5. The third-order valence-electron chi connectivity index (χ3n) is 7.14. The van der Waals surface area contributed by atoms with Gasteiger partial charge in [-0.1, -0.05) is 12.8 Å². The van der Waals surface area contributed by atoms with Crippen molar-refractivity contribution in [3.05, 3.63) is 42.2 Å². The van der Waals surface area contributed by atoms with E-state index in [0.29, 0.717) is 35.7 Å². The third-order valence-corrected chi connectivity index (χ3v) is 7.14. The zero-order chi connectivity index (χ0) is 24.2. The number of aryl methyl sites for hydroxylation is 2. The van der Waals surface area contributed by atoms with Crippen molar-refractivity contribution in [3.8, 4) is 0 Å². The van der Waals surface area contributed by atoms with Crippen molar-refractivity contribution in [2.24, 2.45) is 13.0 Å². The molecule has 5 rings (SSSR count). The van der Waals surface area contributed by atoms with Crippen molar-refractivity contribution in [1.29, 1.82) is 0 Å². The van der Waals surface area contributed by atoms with Gasteiger partial charge in [-0.15, -0.1) is 0 Å². The number of benzene rings is 1. The Labute approximate surface area is 205 Å². The highest BCUT2D eigenvalue weighted by molar-refractivity contribution is 6.07. The number of fused-ring (bicyclic) bond motifs is 1. The summed E-state index contributed by atoms with van der Waals surface area (Å²) < 4.78 is 9.83. The van der Waals surface area contributed by atoms with Crippen LogP contribution in [0.2, 0.25) is 0 Å². The van der Waals surface area contributed by atoms with Crippen LogP contribution < -0.4 is 10.6 Å². The van der Waals surface area contributed by atoms with Crippen LogP contribution in [0.1, 0.15) is 73.7 Å². The number of hydrogen-bond donors (Lipinski definition) is 2. The monoisotopic (exact) mass is 478 g/mol. The van der Waals surface area contributed by atoms with Gasteiger partial charge in [0, 0.05) is 51.2 Å². The summed E-state index contributed by atoms with van der Waals surface area (Å²) in [6.45, 7) is 2.04. The van der Waals surface area contributed by atoms with Gasteiger partial charge in [-0.25, -0.2) is 9.97 Å². The molecule has 1 aliphatic heterocycles. The maximum Gasteiger partial charge on any atom is 0.253 e. The first-order valence-corrected chi connectivity index (χ1v) is 12.7. The molecule has 2 amide bonds. The van der Waals surface area contributed by atoms with Crippen LogP contribution in [-0.2, 0) is 23.1 Å². The first kappa shape index (κ1) is 23.5. The Morgan fingerprint density at radius 3 is 2.77 bits per heavy atom. The largest absolute Gasteiger partial charge is 0.370 e. The SMILES string of the molecule is Cn1c([C@H]2CCCO2)nc2cc(NC(=O)CC3CCCC3)cc(C(=O)NCCCn3ccnc3)c21. The van der Waals surface area contributed by atoms with Crippen LogP contribution in [0.4, 0.5) is 5.69 Å². The molecule has 3 heterocycles. The summed E-state index contributed by atoms with van der Waals surface area (Å²) >= 11 is 0. The highest BCUT2D eigenvalue weighted by Gasteiger charge is 2.26. The van der Waals surface area contributed by atoms with E-state index in [0.717, 1.165) is 56.6 Å². The second-order valence-electron chi connectivity index (χ2n) is 9.73. The molecule has 3 aromatic rings. The van der Waals surface area contributed by atoms with Crippen LogP contribution in [0, 0.1) is 5.92 Å². The van der Waals surface area contributed by atoms with Gasteiger partial charge in [0.15, 0.2) is 0 Å². The van der Waals surface area contributed by atoms with Crippen molar-refractivity contribution in [2.75, 3.05) is 18.5 Å². The molecule has 2 fully saturated rings. The lowest BCUT2D eigenvalue weighted by Crippen LogP contribution is -2.26. The van der Waals surface area contributed by atoms with Crippen LogP contribution >= 0.6 is 0 Å². The van der Waals surface area contributed by atoms with Gasteiger partial charge >= 0.3 is 0 Å². The van der Waals surface area contributed by atoms with E-state index in [1.54, 1.807) is 18.6 Å². The fraction of sp³-hybridized carbons (Fsp3) is 0.538. The van der Waals surface area contributed by atoms with E-state index < -0.39 is 0 Å². The molecule has 2 aliphatic rings. The lowest BCUT2D eigenvalue weighted by atomic mass is 10.0. The number of anilines is 1. The van der Waals surface area contributed by atoms with Crippen LogP contribution in [0.3, 0.4) is 0 Å². The van der Waals surface area contributed by atoms with Crippen molar-refractivity contribution in [2.45, 2.75) is 64.0 Å². The first-order valence-electron chi connectivity index (χ1n) is 12.7. The second-order valence-corrected chi connectivity index (χ2v) is 9.73. The number of amides is 2. The lowest BCUT2D eigenvalue weighted by Gasteiger charge is -2.13. The van der Waals surface area contributed by atoms with Crippen molar-refractivity contribution < 1.29 is 14.3 Å². The first-order chi connectivity index (χ1) is 17.1. The average molecular weight is 479 g/mol. The third kappa shape index (κ3) is 5.40. The van der Waals surface area contributed by atoms with Crippen LogP contribution in [-0.4, -0.2) is 44.1 Å². The van der Waals surface area contributed by atoms with E-state index in [-0.39, 0.29) is 17.9 Å². The fourth-order valence-electron chi connectivity index (χ4n) is 5.35. The number of hydrogen-bond acceptors (Lipinski definition) is 5. The molecule has 1 aromatic carbocycles. The molecule has 1 saturated carbocycles. The van der Waals surface area contributed by atoms with E-state index in [1.165, 1.54) is 12.8 Å². The van der Waals surface area contributed by atoms with E-state index in [2.05, 4.69) is 15.6 Å². The number of carbonyl (C=O) groups excluding carboxylic acids is 2. The maximum absolute atomic E-state index is 13.3. The van der Waals surface area contributed by atoms with Gasteiger partial charge in [-0.2, -0.15) is 0 Å². The average Bonchev–Trinajstić information content (AvgIpc) is 3.64. The van der Waals surface area contributed by atoms with Crippen molar-refractivity contribution in [3.63, 3.8) is 0 Å². The smallest absolute Gasteiger partial charge is 0.253 e. The summed E-state index contributed by atoms with van der Waals surface area (Å²) in [6.07, 6.45) is 13.2. The van der Waals surface area contributed by atoms with Gasteiger partial charge in [0.05, 0.1) is 22.9 Å². The fourth-order valence-corrected chi connectivity index (χ4v) is 5.35. The minimum Gasteiger partial charge on any atom is -0.370 e. The topological polar surface area (TPSA) is 103 Å². The Kier molecular flexibility index (Phi) is 7.13. The van der Waals surface area contributed by atoms with E-state index >= 15 is 0 Å². The summed E-state index contributed by atoms with van der Waals surface area (Å²) in [4.78, 5) is 34.9. The Morgan fingerprint density at radius 2 is 2.03 bits per heavy atom. The predicted octanol–water partition coefficient (Wildman–Crippen LogP) is 3.96. The number of nitrogens with zero attached hydrogens (tertiary/aromatic N) is 4. The van der Waals surface area contributed by atoms with Gasteiger partial charge in [0.2, 0.25) is 5.91 Å². The molecule has 2 aromatic heterocycles. The van der Waals surface area contributed by atoms with Gasteiger partial charge < -0.3 is 24.5 Å². The van der Waals surface area contributed by atoms with Gasteiger partial charge in [-0.3, -0.25) is 9.59 Å². The van der Waals surface area contributed by atoms with Crippen LogP contribution in [0.5, 0.6) is 0 Å².